The fourth-order valence-electron chi connectivity index (χ4n) is 5.25. The summed E-state index contributed by atoms with van der Waals surface area (Å²) in [5, 5.41) is 0. The van der Waals surface area contributed by atoms with Crippen LogP contribution in [0.25, 0.3) is 0 Å². The van der Waals surface area contributed by atoms with E-state index in [1.807, 2.05) is 0 Å². The third-order valence-electron chi connectivity index (χ3n) is 6.11. The normalized spacial score (nSPS) is 12.0. The van der Waals surface area contributed by atoms with Crippen molar-refractivity contribution in [3.05, 3.63) is 128 Å². The van der Waals surface area contributed by atoms with Crippen molar-refractivity contribution in [2.45, 2.75) is 53.4 Å². The molecule has 0 saturated carbocycles. The van der Waals surface area contributed by atoms with E-state index in [0.29, 0.717) is 0 Å². The third-order valence-corrected chi connectivity index (χ3v) is 6.11. The van der Waals surface area contributed by atoms with Crippen molar-refractivity contribution in [3.8, 4) is 0 Å². The molecule has 0 aliphatic heterocycles. The summed E-state index contributed by atoms with van der Waals surface area (Å²) in [5.74, 6) is 0. The Morgan fingerprint density at radius 1 is 0.529 bits per heavy atom. The summed E-state index contributed by atoms with van der Waals surface area (Å²) in [7, 11) is 0. The number of hydrogen-bond donors (Lipinski definition) is 0. The number of rotatable bonds is 4. The maximum Gasteiger partial charge on any atom is 4.00 e. The molecule has 34 heavy (non-hydrogen) atoms. The Labute approximate surface area is 239 Å². The van der Waals surface area contributed by atoms with Gasteiger partial charge in [-0.25, -0.2) is 12.2 Å². The Morgan fingerprint density at radius 3 is 1.06 bits per heavy atom. The average molecular weight is 546 g/mol. The van der Waals surface area contributed by atoms with Gasteiger partial charge in [0, 0.05) is 5.41 Å². The van der Waals surface area contributed by atoms with Crippen LogP contribution in [-0.4, -0.2) is 0 Å². The molecule has 0 bridgehead atoms. The monoisotopic (exact) mass is 544 g/mol. The second-order valence-electron chi connectivity index (χ2n) is 9.11. The second-order valence-corrected chi connectivity index (χ2v) is 9.11. The fourth-order valence-corrected chi connectivity index (χ4v) is 5.25. The first-order valence-corrected chi connectivity index (χ1v) is 10.8. The van der Waals surface area contributed by atoms with E-state index >= 15 is 0 Å². The largest absolute Gasteiger partial charge is 4.00 e. The molecule has 0 saturated heterocycles. The van der Waals surface area contributed by atoms with Crippen molar-refractivity contribution in [3.63, 3.8) is 0 Å². The smallest absolute Gasteiger partial charge is 1.00 e. The second kappa shape index (κ2) is 13.1. The summed E-state index contributed by atoms with van der Waals surface area (Å²) in [5.41, 5.74) is 12.8. The van der Waals surface area contributed by atoms with Crippen molar-refractivity contribution < 1.29 is 58.9 Å². The molecule has 3 aromatic carbocycles. The van der Waals surface area contributed by atoms with Crippen LogP contribution in [0.1, 0.15) is 56.5 Å². The van der Waals surface area contributed by atoms with Gasteiger partial charge in [0.15, 0.2) is 0 Å². The first kappa shape index (κ1) is 32.7. The van der Waals surface area contributed by atoms with E-state index in [4.69, 9.17) is 0 Å². The molecular weight excluding hydrogens is 515 g/mol. The van der Waals surface area contributed by atoms with Crippen LogP contribution in [0.3, 0.4) is 0 Å². The molecule has 0 nitrogen and oxygen atoms in total. The zero-order chi connectivity index (χ0) is 21.5. The predicted octanol–water partition coefficient (Wildman–Crippen LogP) is -1.43. The molecule has 0 atom stereocenters. The molecule has 176 valence electrons. The number of allylic oxidation sites excluding steroid dienone is 4. The summed E-state index contributed by atoms with van der Waals surface area (Å²) in [4.78, 5) is 0. The minimum atomic E-state index is -0.353. The topological polar surface area (TPSA) is 0 Å². The van der Waals surface area contributed by atoms with Crippen molar-refractivity contribution in [1.29, 1.82) is 0 Å². The van der Waals surface area contributed by atoms with Crippen LogP contribution in [0.5, 0.6) is 0 Å². The summed E-state index contributed by atoms with van der Waals surface area (Å²) in [6.07, 6.45) is 8.90. The van der Waals surface area contributed by atoms with Crippen LogP contribution in [0.15, 0.2) is 72.3 Å². The zero-order valence-electron chi connectivity index (χ0n) is 20.7. The van der Waals surface area contributed by atoms with Crippen molar-refractivity contribution in [1.82, 2.24) is 0 Å². The zero-order valence-corrected chi connectivity index (χ0v) is 24.5. The minimum Gasteiger partial charge on any atom is -1.00 e. The molecule has 0 fully saturated rings. The van der Waals surface area contributed by atoms with Gasteiger partial charge in [-0.3, -0.25) is 6.08 Å². The molecule has 0 spiro atoms. The van der Waals surface area contributed by atoms with Crippen LogP contribution in [0, 0.1) is 47.6 Å². The summed E-state index contributed by atoms with van der Waals surface area (Å²) < 4.78 is 0. The van der Waals surface area contributed by atoms with Gasteiger partial charge in [-0.1, -0.05) is 94.4 Å². The Hall–Kier alpha value is -1.28. The van der Waals surface area contributed by atoms with Crippen LogP contribution in [0.2, 0.25) is 0 Å². The molecule has 0 heterocycles. The molecule has 1 aliphatic carbocycles. The first-order valence-electron chi connectivity index (χ1n) is 10.8. The molecule has 0 unspecified atom stereocenters. The van der Waals surface area contributed by atoms with E-state index in [2.05, 4.69) is 114 Å². The van der Waals surface area contributed by atoms with E-state index < -0.39 is 0 Å². The van der Waals surface area contributed by atoms with Crippen LogP contribution < -0.4 is 37.2 Å². The maximum atomic E-state index is 3.65. The van der Waals surface area contributed by atoms with Gasteiger partial charge in [0.25, 0.3) is 0 Å². The number of benzene rings is 3. The van der Waals surface area contributed by atoms with E-state index in [0.717, 1.165) is 6.42 Å². The van der Waals surface area contributed by atoms with E-state index in [-0.39, 0.29) is 64.4 Å². The van der Waals surface area contributed by atoms with Crippen molar-refractivity contribution in [2.24, 2.45) is 0 Å². The Bertz CT molecular complexity index is 1010. The average Bonchev–Trinajstić information content (AvgIpc) is 3.15. The van der Waals surface area contributed by atoms with E-state index in [1.54, 1.807) is 0 Å². The number of aryl methyl sites for hydroxylation is 6. The van der Waals surface area contributed by atoms with E-state index in [9.17, 15) is 0 Å². The van der Waals surface area contributed by atoms with Crippen molar-refractivity contribution in [2.75, 3.05) is 0 Å². The van der Waals surface area contributed by atoms with Crippen LogP contribution in [-0.2, 0) is 27.1 Å². The molecule has 4 rings (SSSR count). The van der Waals surface area contributed by atoms with Gasteiger partial charge in [0.2, 0.25) is 0 Å². The SMILES string of the molecule is Cc1cc(C)cc(C(C2=[C-]C=CC2)(c2cc(C)cc(C)c2)c2cc(C)cc(C)c2)c1.[Cl-].[Cl-].[Cl-].[Ti+4]. The fraction of sp³-hybridized carbons (Fsp3) is 0.267. The minimum absolute atomic E-state index is 0. The van der Waals surface area contributed by atoms with Crippen molar-refractivity contribution >= 4 is 0 Å². The standard InChI is InChI=1S/C30H31.3ClH.Ti/c1-20-11-21(2)15-27(14-20)30(26-9-7-8-10-26,28-16-22(3)12-23(4)17-28)29-18-24(5)13-25(6)19-29;;;;/h7-8,11-19H,9H2,1-6H3;3*1H;/q-1;;;;+4/p-3. The molecule has 0 aromatic heterocycles. The Morgan fingerprint density at radius 2 is 0.824 bits per heavy atom. The van der Waals surface area contributed by atoms with Gasteiger partial charge in [0.05, 0.1) is 0 Å². The van der Waals surface area contributed by atoms with Gasteiger partial charge < -0.3 is 37.2 Å². The van der Waals surface area contributed by atoms with Gasteiger partial charge in [-0.15, -0.1) is 0 Å². The number of halogens is 3. The summed E-state index contributed by atoms with van der Waals surface area (Å²) in [6.45, 7) is 13.2. The van der Waals surface area contributed by atoms with Crippen LogP contribution >= 0.6 is 0 Å². The number of hydrogen-bond acceptors (Lipinski definition) is 0. The quantitative estimate of drug-likeness (QED) is 0.214. The molecule has 3 aromatic rings. The Kier molecular flexibility index (Phi) is 12.7. The molecular formula is C30H31Cl3Ti. The third kappa shape index (κ3) is 6.28. The summed E-state index contributed by atoms with van der Waals surface area (Å²) in [6, 6.07) is 21.0. The summed E-state index contributed by atoms with van der Waals surface area (Å²) >= 11 is 0. The first-order chi connectivity index (χ1) is 14.3. The Balaban J connectivity index is 0.00000272. The van der Waals surface area contributed by atoms with Gasteiger partial charge in [-0.05, 0) is 58.2 Å². The van der Waals surface area contributed by atoms with E-state index in [1.165, 1.54) is 55.6 Å². The van der Waals surface area contributed by atoms with Gasteiger partial charge in [0.1, 0.15) is 0 Å². The molecule has 0 N–H and O–H groups in total. The van der Waals surface area contributed by atoms with Crippen LogP contribution in [0.4, 0.5) is 0 Å². The predicted molar refractivity (Wildman–Crippen MR) is 128 cm³/mol. The maximum absolute atomic E-state index is 3.65. The molecule has 4 heteroatoms. The molecule has 1 aliphatic rings. The van der Waals surface area contributed by atoms with Gasteiger partial charge >= 0.3 is 21.7 Å². The molecule has 0 amide bonds. The molecule has 0 radical (unpaired) electrons. The van der Waals surface area contributed by atoms with Gasteiger partial charge in [-0.2, -0.15) is 5.57 Å².